The van der Waals surface area contributed by atoms with E-state index in [0.29, 0.717) is 36.9 Å². The molecule has 12 heteroatoms. The van der Waals surface area contributed by atoms with E-state index in [9.17, 15) is 13.2 Å². The van der Waals surface area contributed by atoms with Gasteiger partial charge >= 0.3 is 14.8 Å². The molecule has 2 aromatic carbocycles. The van der Waals surface area contributed by atoms with E-state index in [-0.39, 0.29) is 29.7 Å². The van der Waals surface area contributed by atoms with Crippen molar-refractivity contribution in [3.63, 3.8) is 0 Å². The molecule has 0 saturated heterocycles. The number of nitrogens with two attached hydrogens (primary N) is 1. The van der Waals surface area contributed by atoms with Crippen LogP contribution in [0.3, 0.4) is 0 Å². The van der Waals surface area contributed by atoms with Crippen LogP contribution in [0.25, 0.3) is 34.0 Å². The molecule has 0 fully saturated rings. The average Bonchev–Trinajstić information content (AvgIpc) is 3.51. The molecule has 1 unspecified atom stereocenters. The summed E-state index contributed by atoms with van der Waals surface area (Å²) in [5, 5.41) is 7.88. The number of hydrogen-bond donors (Lipinski definition) is 3. The van der Waals surface area contributed by atoms with Crippen molar-refractivity contribution in [1.29, 1.82) is 0 Å². The van der Waals surface area contributed by atoms with Crippen LogP contribution in [0.15, 0.2) is 57.6 Å². The smallest absolute Gasteiger partial charge is 0.355 e. The number of aryl methyl sites for hydroxylation is 2. The number of alkyl halides is 3. The second-order valence-corrected chi connectivity index (χ2v) is 9.54. The normalized spacial score (nSPS) is 14.0. The van der Waals surface area contributed by atoms with Crippen LogP contribution in [-0.4, -0.2) is 32.7 Å². The molecule has 0 saturated carbocycles. The molecule has 5 rings (SSSR count). The summed E-state index contributed by atoms with van der Waals surface area (Å²) < 4.78 is 57.9. The molecule has 194 valence electrons. The minimum Gasteiger partial charge on any atom is -0.355 e. The molecule has 0 spiro atoms. The fraction of sp³-hybridized carbons (Fsp3) is 0.280. The fourth-order valence-corrected chi connectivity index (χ4v) is 4.86. The summed E-state index contributed by atoms with van der Waals surface area (Å²) in [6.07, 6.45) is -2.47. The number of nitrogens with zero attached hydrogens (tertiary/aromatic N) is 2. The Bertz CT molecular complexity index is 1390. The zero-order valence-corrected chi connectivity index (χ0v) is 20.3. The predicted molar refractivity (Wildman–Crippen MR) is 129 cm³/mol. The van der Waals surface area contributed by atoms with E-state index >= 15 is 0 Å². The third-order valence-corrected chi connectivity index (χ3v) is 6.67. The Morgan fingerprint density at radius 1 is 1.00 bits per heavy atom. The van der Waals surface area contributed by atoms with Crippen LogP contribution in [0, 0.1) is 0 Å². The quantitative estimate of drug-likeness (QED) is 0.262. The van der Waals surface area contributed by atoms with E-state index < -0.39 is 26.0 Å². The molecule has 0 amide bonds. The molecule has 37 heavy (non-hydrogen) atoms. The second kappa shape index (κ2) is 10.4. The molecule has 0 aliphatic heterocycles. The molecule has 8 nitrogen and oxygen atoms in total. The molecular formula is C25H23F3N3O5P. The first-order valence-corrected chi connectivity index (χ1v) is 12.7. The van der Waals surface area contributed by atoms with Gasteiger partial charge in [0, 0.05) is 22.7 Å². The SMILES string of the molecule is NC(CCc1ccc2c(c1)CCc1c-2noc1-c1noc(-c2ccccc2)c1C(F)(F)F)COP(O)O. The lowest BCUT2D eigenvalue weighted by atomic mass is 9.86. The molecule has 1 aliphatic rings. The third kappa shape index (κ3) is 5.32. The summed E-state index contributed by atoms with van der Waals surface area (Å²) in [5.74, 6) is -0.408. The van der Waals surface area contributed by atoms with E-state index in [2.05, 4.69) is 10.3 Å². The van der Waals surface area contributed by atoms with Gasteiger partial charge in [0.1, 0.15) is 11.3 Å². The molecule has 4 N–H and O–H groups in total. The van der Waals surface area contributed by atoms with E-state index in [4.69, 9.17) is 29.1 Å². The fourth-order valence-electron chi connectivity index (χ4n) is 4.53. The summed E-state index contributed by atoms with van der Waals surface area (Å²) in [6, 6.07) is 13.5. The molecule has 2 aromatic heterocycles. The topological polar surface area (TPSA) is 128 Å². The second-order valence-electron chi connectivity index (χ2n) is 8.78. The highest BCUT2D eigenvalue weighted by atomic mass is 31.2. The Balaban J connectivity index is 1.43. The van der Waals surface area contributed by atoms with Crippen LogP contribution in [-0.2, 0) is 30.0 Å². The summed E-state index contributed by atoms with van der Waals surface area (Å²) in [6.45, 7) is 0.0443. The lowest BCUT2D eigenvalue weighted by Crippen LogP contribution is -2.26. The van der Waals surface area contributed by atoms with E-state index in [1.165, 1.54) is 12.1 Å². The van der Waals surface area contributed by atoms with Crippen molar-refractivity contribution in [3.05, 3.63) is 70.8 Å². The van der Waals surface area contributed by atoms with Crippen LogP contribution in [0.4, 0.5) is 13.2 Å². The molecular weight excluding hydrogens is 510 g/mol. The van der Waals surface area contributed by atoms with Gasteiger partial charge in [0.25, 0.3) is 0 Å². The first-order chi connectivity index (χ1) is 17.7. The van der Waals surface area contributed by atoms with Crippen molar-refractivity contribution in [3.8, 4) is 34.0 Å². The van der Waals surface area contributed by atoms with Gasteiger partial charge in [-0.1, -0.05) is 58.8 Å². The van der Waals surface area contributed by atoms with Gasteiger partial charge in [-0.2, -0.15) is 13.2 Å². The Morgan fingerprint density at radius 3 is 2.46 bits per heavy atom. The number of benzene rings is 2. The van der Waals surface area contributed by atoms with Crippen molar-refractivity contribution in [2.75, 3.05) is 6.61 Å². The third-order valence-electron chi connectivity index (χ3n) is 6.29. The van der Waals surface area contributed by atoms with Crippen LogP contribution in [0.5, 0.6) is 0 Å². The van der Waals surface area contributed by atoms with Crippen molar-refractivity contribution in [2.24, 2.45) is 5.73 Å². The Labute approximate surface area is 210 Å². The molecule has 1 atom stereocenters. The first-order valence-electron chi connectivity index (χ1n) is 11.5. The summed E-state index contributed by atoms with van der Waals surface area (Å²) >= 11 is 0. The van der Waals surface area contributed by atoms with E-state index in [0.717, 1.165) is 16.7 Å². The maximum absolute atomic E-state index is 14.1. The van der Waals surface area contributed by atoms with E-state index in [1.54, 1.807) is 18.2 Å². The molecule has 0 radical (unpaired) electrons. The van der Waals surface area contributed by atoms with Crippen LogP contribution in [0.2, 0.25) is 0 Å². The highest BCUT2D eigenvalue weighted by molar-refractivity contribution is 7.39. The number of aromatic nitrogens is 2. The van der Waals surface area contributed by atoms with Crippen molar-refractivity contribution >= 4 is 8.60 Å². The van der Waals surface area contributed by atoms with Gasteiger partial charge in [-0.05, 0) is 36.8 Å². The van der Waals surface area contributed by atoms with Gasteiger partial charge in [-0.25, -0.2) is 0 Å². The van der Waals surface area contributed by atoms with Crippen LogP contribution < -0.4 is 5.73 Å². The monoisotopic (exact) mass is 533 g/mol. The maximum atomic E-state index is 14.1. The molecule has 0 bridgehead atoms. The number of rotatable bonds is 8. The predicted octanol–water partition coefficient (Wildman–Crippen LogP) is 5.27. The van der Waals surface area contributed by atoms with Crippen LogP contribution >= 0.6 is 8.60 Å². The van der Waals surface area contributed by atoms with Crippen molar-refractivity contribution < 1.29 is 36.5 Å². The Morgan fingerprint density at radius 2 is 1.73 bits per heavy atom. The maximum Gasteiger partial charge on any atom is 0.422 e. The Kier molecular flexibility index (Phi) is 7.15. The summed E-state index contributed by atoms with van der Waals surface area (Å²) in [7, 11) is -2.43. The zero-order chi connectivity index (χ0) is 26.2. The van der Waals surface area contributed by atoms with Gasteiger partial charge in [-0.3, -0.25) is 0 Å². The molecule has 1 aliphatic carbocycles. The highest BCUT2D eigenvalue weighted by Gasteiger charge is 2.43. The number of hydrogen-bond acceptors (Lipinski definition) is 8. The van der Waals surface area contributed by atoms with Gasteiger partial charge < -0.3 is 29.1 Å². The molecule has 2 heterocycles. The number of fused-ring (bicyclic) bond motifs is 3. The highest BCUT2D eigenvalue weighted by Crippen LogP contribution is 2.46. The lowest BCUT2D eigenvalue weighted by molar-refractivity contribution is -0.136. The Hall–Kier alpha value is -3.08. The van der Waals surface area contributed by atoms with Crippen molar-refractivity contribution in [2.45, 2.75) is 37.9 Å². The minimum absolute atomic E-state index is 0.0401. The summed E-state index contributed by atoms with van der Waals surface area (Å²) in [5.41, 5.74) is 8.69. The van der Waals surface area contributed by atoms with E-state index in [1.807, 2.05) is 18.2 Å². The largest absolute Gasteiger partial charge is 0.422 e. The lowest BCUT2D eigenvalue weighted by Gasteiger charge is -2.17. The van der Waals surface area contributed by atoms with Gasteiger partial charge in [-0.15, -0.1) is 0 Å². The summed E-state index contributed by atoms with van der Waals surface area (Å²) in [4.78, 5) is 17.7. The van der Waals surface area contributed by atoms with Gasteiger partial charge in [0.05, 0.1) is 6.61 Å². The molecule has 4 aromatic rings. The zero-order valence-electron chi connectivity index (χ0n) is 19.4. The van der Waals surface area contributed by atoms with Crippen molar-refractivity contribution in [1.82, 2.24) is 10.3 Å². The first kappa shape index (κ1) is 25.6. The van der Waals surface area contributed by atoms with Gasteiger partial charge in [0.15, 0.2) is 17.2 Å². The van der Waals surface area contributed by atoms with Gasteiger partial charge in [0.2, 0.25) is 0 Å². The minimum atomic E-state index is -4.72. The van der Waals surface area contributed by atoms with Crippen LogP contribution in [0.1, 0.15) is 28.7 Å². The average molecular weight is 533 g/mol. The number of halogens is 3. The standard InChI is InChI=1S/C25H23F3N3O5P/c26-25(27,28)20-22(31-35-23(20)15-4-2-1-3-5-15)24-19-11-8-16-12-14(6-9-17(29)13-34-37(32)33)7-10-18(16)21(19)30-36-24/h1-5,7,10,12,17,32-33H,6,8-9,11,13,29H2.